The van der Waals surface area contributed by atoms with Crippen LogP contribution in [0.1, 0.15) is 48.0 Å². The van der Waals surface area contributed by atoms with Gasteiger partial charge in [-0.15, -0.1) is 0 Å². The standard InChI is InChI=1S/C13H24FNO3/c1-12(2,3)9(16)7-10(14)15-11(17)8-18-13(4,5)6/h10H,7-8H2,1-6H3,(H,15,17)/t10-/m1/s1. The second-order valence-electron chi connectivity index (χ2n) is 6.31. The van der Waals surface area contributed by atoms with Crippen molar-refractivity contribution in [3.05, 3.63) is 0 Å². The Hall–Kier alpha value is -0.970. The van der Waals surface area contributed by atoms with E-state index in [-0.39, 0.29) is 18.8 Å². The molecule has 0 bridgehead atoms. The molecule has 1 N–H and O–H groups in total. The molecule has 0 heterocycles. The maximum absolute atomic E-state index is 13.4. The topological polar surface area (TPSA) is 55.4 Å². The minimum Gasteiger partial charge on any atom is -0.366 e. The number of carbonyl (C=O) groups is 2. The van der Waals surface area contributed by atoms with Crippen LogP contribution < -0.4 is 5.32 Å². The van der Waals surface area contributed by atoms with E-state index in [1.807, 2.05) is 0 Å². The average Bonchev–Trinajstić information content (AvgIpc) is 2.11. The van der Waals surface area contributed by atoms with Crippen LogP contribution >= 0.6 is 0 Å². The molecule has 0 fully saturated rings. The van der Waals surface area contributed by atoms with Gasteiger partial charge in [-0.05, 0) is 20.8 Å². The fourth-order valence-electron chi connectivity index (χ4n) is 1.02. The lowest BCUT2D eigenvalue weighted by Crippen LogP contribution is -2.39. The highest BCUT2D eigenvalue weighted by atomic mass is 19.1. The highest BCUT2D eigenvalue weighted by molar-refractivity contribution is 5.85. The third-order valence-corrected chi connectivity index (χ3v) is 2.16. The Morgan fingerprint density at radius 3 is 2.06 bits per heavy atom. The fraction of sp³-hybridized carbons (Fsp3) is 0.846. The quantitative estimate of drug-likeness (QED) is 0.772. The van der Waals surface area contributed by atoms with Gasteiger partial charge in [0.1, 0.15) is 12.4 Å². The summed E-state index contributed by atoms with van der Waals surface area (Å²) < 4.78 is 18.6. The van der Waals surface area contributed by atoms with Gasteiger partial charge < -0.3 is 10.1 Å². The summed E-state index contributed by atoms with van der Waals surface area (Å²) >= 11 is 0. The number of hydrogen-bond acceptors (Lipinski definition) is 3. The highest BCUT2D eigenvalue weighted by Gasteiger charge is 2.25. The van der Waals surface area contributed by atoms with Gasteiger partial charge in [-0.1, -0.05) is 20.8 Å². The van der Waals surface area contributed by atoms with Crippen LogP contribution in [-0.4, -0.2) is 30.2 Å². The summed E-state index contributed by atoms with van der Waals surface area (Å²) in [6.45, 7) is 10.3. The summed E-state index contributed by atoms with van der Waals surface area (Å²) in [4.78, 5) is 22.9. The monoisotopic (exact) mass is 261 g/mol. The molecule has 0 aromatic heterocycles. The van der Waals surface area contributed by atoms with Crippen LogP contribution in [0.3, 0.4) is 0 Å². The number of nitrogens with one attached hydrogen (secondary N) is 1. The zero-order chi connectivity index (χ0) is 14.6. The minimum absolute atomic E-state index is 0.215. The van der Waals surface area contributed by atoms with E-state index in [9.17, 15) is 14.0 Å². The van der Waals surface area contributed by atoms with Gasteiger partial charge in [-0.3, -0.25) is 9.59 Å². The maximum atomic E-state index is 13.4. The summed E-state index contributed by atoms with van der Waals surface area (Å²) in [5, 5.41) is 2.10. The van der Waals surface area contributed by atoms with Crippen LogP contribution in [0.15, 0.2) is 0 Å². The molecule has 0 aliphatic carbocycles. The molecule has 0 unspecified atom stereocenters. The van der Waals surface area contributed by atoms with Crippen molar-refractivity contribution >= 4 is 11.7 Å². The van der Waals surface area contributed by atoms with Gasteiger partial charge in [0.05, 0.1) is 12.0 Å². The molecule has 0 saturated carbocycles. The first kappa shape index (κ1) is 17.0. The number of carbonyl (C=O) groups excluding carboxylic acids is 2. The SMILES string of the molecule is CC(C)(C)OCC(=O)N[C@@H](F)CC(=O)C(C)(C)C. The molecule has 0 radical (unpaired) electrons. The summed E-state index contributed by atoms with van der Waals surface area (Å²) in [6.07, 6.45) is -1.97. The van der Waals surface area contributed by atoms with Crippen LogP contribution in [-0.2, 0) is 14.3 Å². The molecular weight excluding hydrogens is 237 g/mol. The van der Waals surface area contributed by atoms with E-state index in [0.29, 0.717) is 0 Å². The molecular formula is C13H24FNO3. The van der Waals surface area contributed by atoms with E-state index in [1.165, 1.54) is 0 Å². The molecule has 1 amide bonds. The van der Waals surface area contributed by atoms with Crippen LogP contribution in [0.4, 0.5) is 4.39 Å². The summed E-state index contributed by atoms with van der Waals surface area (Å²) in [5.74, 6) is -0.786. The van der Waals surface area contributed by atoms with Gasteiger partial charge in [-0.2, -0.15) is 0 Å². The highest BCUT2D eigenvalue weighted by Crippen LogP contribution is 2.18. The molecule has 0 aromatic rings. The first-order valence-electron chi connectivity index (χ1n) is 6.02. The van der Waals surface area contributed by atoms with Gasteiger partial charge >= 0.3 is 0 Å². The lowest BCUT2D eigenvalue weighted by atomic mass is 9.89. The van der Waals surface area contributed by atoms with E-state index in [0.717, 1.165) is 0 Å². The normalized spacial score (nSPS) is 14.2. The van der Waals surface area contributed by atoms with E-state index < -0.39 is 23.2 Å². The smallest absolute Gasteiger partial charge is 0.248 e. The van der Waals surface area contributed by atoms with Gasteiger partial charge in [0.15, 0.2) is 6.30 Å². The van der Waals surface area contributed by atoms with Crippen molar-refractivity contribution < 1.29 is 18.7 Å². The van der Waals surface area contributed by atoms with Crippen LogP contribution in [0.25, 0.3) is 0 Å². The molecule has 18 heavy (non-hydrogen) atoms. The van der Waals surface area contributed by atoms with Crippen molar-refractivity contribution in [3.8, 4) is 0 Å². The van der Waals surface area contributed by atoms with Crippen molar-refractivity contribution in [1.29, 1.82) is 0 Å². The average molecular weight is 261 g/mol. The third kappa shape index (κ3) is 8.17. The maximum Gasteiger partial charge on any atom is 0.248 e. The van der Waals surface area contributed by atoms with Crippen molar-refractivity contribution in [2.75, 3.05) is 6.61 Å². The lowest BCUT2D eigenvalue weighted by molar-refractivity contribution is -0.133. The number of ketones is 1. The summed E-state index contributed by atoms with van der Waals surface area (Å²) in [7, 11) is 0. The molecule has 106 valence electrons. The van der Waals surface area contributed by atoms with Crippen LogP contribution in [0, 0.1) is 5.41 Å². The zero-order valence-electron chi connectivity index (χ0n) is 12.1. The first-order valence-corrected chi connectivity index (χ1v) is 6.02. The first-order chi connectivity index (χ1) is 7.92. The number of alkyl halides is 1. The van der Waals surface area contributed by atoms with Crippen molar-refractivity contribution in [3.63, 3.8) is 0 Å². The Bertz CT molecular complexity index is 302. The predicted molar refractivity (Wildman–Crippen MR) is 67.8 cm³/mol. The van der Waals surface area contributed by atoms with Crippen molar-refractivity contribution in [1.82, 2.24) is 5.32 Å². The van der Waals surface area contributed by atoms with E-state index >= 15 is 0 Å². The van der Waals surface area contributed by atoms with E-state index in [1.54, 1.807) is 41.5 Å². The lowest BCUT2D eigenvalue weighted by Gasteiger charge is -2.21. The number of Topliss-reactive ketones (excluding diaryl/α,β-unsaturated/α-hetero) is 1. The van der Waals surface area contributed by atoms with Crippen LogP contribution in [0.2, 0.25) is 0 Å². The molecule has 0 aromatic carbocycles. The third-order valence-electron chi connectivity index (χ3n) is 2.16. The van der Waals surface area contributed by atoms with E-state index in [2.05, 4.69) is 5.32 Å². The number of amides is 1. The minimum atomic E-state index is -1.66. The Balaban J connectivity index is 4.06. The molecule has 0 aliphatic heterocycles. The second-order valence-corrected chi connectivity index (χ2v) is 6.31. The summed E-state index contributed by atoms with van der Waals surface area (Å²) in [6, 6.07) is 0. The molecule has 0 aliphatic rings. The van der Waals surface area contributed by atoms with Gasteiger partial charge in [0, 0.05) is 5.41 Å². The Morgan fingerprint density at radius 1 is 1.17 bits per heavy atom. The number of halogens is 1. The van der Waals surface area contributed by atoms with E-state index in [4.69, 9.17) is 4.74 Å². The molecule has 0 rings (SSSR count). The van der Waals surface area contributed by atoms with Gasteiger partial charge in [0.25, 0.3) is 0 Å². The number of ether oxygens (including phenoxy) is 1. The predicted octanol–water partition coefficient (Wildman–Crippen LogP) is 2.22. The molecule has 1 atom stereocenters. The molecule has 4 nitrogen and oxygen atoms in total. The molecule has 5 heteroatoms. The summed E-state index contributed by atoms with van der Waals surface area (Å²) in [5.41, 5.74) is -1.05. The van der Waals surface area contributed by atoms with Crippen molar-refractivity contribution in [2.24, 2.45) is 5.41 Å². The Kier molecular flexibility index (Phi) is 5.93. The number of hydrogen-bond donors (Lipinski definition) is 1. The Morgan fingerprint density at radius 2 is 1.67 bits per heavy atom. The van der Waals surface area contributed by atoms with Gasteiger partial charge in [-0.25, -0.2) is 4.39 Å². The zero-order valence-corrected chi connectivity index (χ0v) is 12.1. The molecule has 0 saturated heterocycles. The van der Waals surface area contributed by atoms with Crippen LogP contribution in [0.5, 0.6) is 0 Å². The second kappa shape index (κ2) is 6.27. The number of rotatable bonds is 5. The molecule has 0 spiro atoms. The fourth-order valence-corrected chi connectivity index (χ4v) is 1.02. The Labute approximate surface area is 108 Å². The van der Waals surface area contributed by atoms with Crippen molar-refractivity contribution in [2.45, 2.75) is 59.9 Å². The largest absolute Gasteiger partial charge is 0.366 e. The van der Waals surface area contributed by atoms with Gasteiger partial charge in [0.2, 0.25) is 5.91 Å².